The Balaban J connectivity index is 1.00. The van der Waals surface area contributed by atoms with Gasteiger partial charge in [0.05, 0.1) is 28.4 Å². The third-order valence-corrected chi connectivity index (χ3v) is 11.0. The Labute approximate surface area is 257 Å². The predicted molar refractivity (Wildman–Crippen MR) is 170 cm³/mol. The second kappa shape index (κ2) is 10.8. The van der Waals surface area contributed by atoms with Gasteiger partial charge in [0, 0.05) is 31.2 Å². The summed E-state index contributed by atoms with van der Waals surface area (Å²) in [4.78, 5) is 30.8. The van der Waals surface area contributed by atoms with E-state index >= 15 is 0 Å². The van der Waals surface area contributed by atoms with E-state index in [2.05, 4.69) is 56.7 Å². The van der Waals surface area contributed by atoms with Gasteiger partial charge in [-0.3, -0.25) is 9.69 Å². The second-order valence-corrected chi connectivity index (χ2v) is 13.2. The molecule has 1 amide bonds. The number of para-hydroxylation sites is 3. The minimum Gasteiger partial charge on any atom is -0.345 e. The van der Waals surface area contributed by atoms with Crippen LogP contribution in [0.2, 0.25) is 0 Å². The number of fused-ring (bicyclic) bond motifs is 4. The number of carbonyl (C=O) groups excluding carboxylic acids is 1. The first-order valence-corrected chi connectivity index (χ1v) is 16.2. The first kappa shape index (κ1) is 27.5. The van der Waals surface area contributed by atoms with E-state index in [1.165, 1.54) is 24.4 Å². The van der Waals surface area contributed by atoms with Crippen LogP contribution in [-0.2, 0) is 5.41 Å². The van der Waals surface area contributed by atoms with Crippen LogP contribution >= 0.6 is 0 Å². The van der Waals surface area contributed by atoms with E-state index in [9.17, 15) is 9.18 Å². The van der Waals surface area contributed by atoms with Gasteiger partial charge in [-0.25, -0.2) is 14.4 Å². The highest BCUT2D eigenvalue weighted by molar-refractivity contribution is 6.04. The van der Waals surface area contributed by atoms with E-state index in [1.54, 1.807) is 12.4 Å². The number of likely N-dealkylation sites (tertiary alicyclic amines) is 1. The fraction of sp³-hybridized carbons (Fsp3) is 0.417. The molecule has 5 aromatic rings. The normalized spacial score (nSPS) is 23.5. The van der Waals surface area contributed by atoms with Crippen LogP contribution in [0.3, 0.4) is 0 Å². The van der Waals surface area contributed by atoms with Gasteiger partial charge >= 0.3 is 0 Å². The lowest BCUT2D eigenvalue weighted by molar-refractivity contribution is 0.0608. The summed E-state index contributed by atoms with van der Waals surface area (Å²) < 4.78 is 17.1. The molecule has 3 saturated heterocycles. The summed E-state index contributed by atoms with van der Waals surface area (Å²) in [5.41, 5.74) is 5.48. The fourth-order valence-electron chi connectivity index (χ4n) is 8.74. The zero-order chi connectivity index (χ0) is 29.8. The average molecular weight is 591 g/mol. The molecule has 3 aromatic carbocycles. The van der Waals surface area contributed by atoms with Crippen molar-refractivity contribution >= 4 is 28.0 Å². The van der Waals surface area contributed by atoms with Crippen LogP contribution in [0.4, 0.5) is 4.39 Å². The Bertz CT molecular complexity index is 1820. The number of imidazole rings is 2. The van der Waals surface area contributed by atoms with Crippen molar-refractivity contribution in [2.24, 2.45) is 0 Å². The van der Waals surface area contributed by atoms with Gasteiger partial charge < -0.3 is 14.5 Å². The monoisotopic (exact) mass is 590 g/mol. The van der Waals surface area contributed by atoms with Gasteiger partial charge in [-0.05, 0) is 106 Å². The molecular weight excluding hydrogens is 551 g/mol. The predicted octanol–water partition coefficient (Wildman–Crippen LogP) is 6.79. The van der Waals surface area contributed by atoms with Crippen LogP contribution in [0.1, 0.15) is 72.7 Å². The Morgan fingerprint density at radius 3 is 2.55 bits per heavy atom. The molecule has 3 fully saturated rings. The standard InChI is InChI=1S/C36H39FN6O/c1-24-40-31-9-2-3-11-33(31)43(24)29-21-27-12-13-28(22-29)42(27)19-16-36(25-6-4-7-26(37)20-25)14-17-41(18-15-36)35(44)30-8-5-10-32-34(30)39-23-38-32/h2-11,20,23,27-29H,12-19,21-22H2,1H3,(H,38,39)/t27-,28+,29?. The van der Waals surface area contributed by atoms with Crippen molar-refractivity contribution in [2.45, 2.75) is 75.4 Å². The van der Waals surface area contributed by atoms with Crippen LogP contribution in [-0.4, -0.2) is 66.9 Å². The van der Waals surface area contributed by atoms with Crippen molar-refractivity contribution in [1.82, 2.24) is 29.3 Å². The number of hydrogen-bond acceptors (Lipinski definition) is 4. The van der Waals surface area contributed by atoms with Gasteiger partial charge in [0.25, 0.3) is 5.91 Å². The van der Waals surface area contributed by atoms with E-state index < -0.39 is 0 Å². The molecule has 3 aliphatic heterocycles. The highest BCUT2D eigenvalue weighted by Crippen LogP contribution is 2.45. The number of nitrogens with zero attached hydrogens (tertiary/aromatic N) is 5. The highest BCUT2D eigenvalue weighted by atomic mass is 19.1. The number of H-pyrrole nitrogens is 1. The number of halogens is 1. The van der Waals surface area contributed by atoms with Crippen molar-refractivity contribution in [1.29, 1.82) is 0 Å². The third kappa shape index (κ3) is 4.62. The molecule has 44 heavy (non-hydrogen) atoms. The first-order valence-electron chi connectivity index (χ1n) is 16.2. The molecule has 1 unspecified atom stereocenters. The molecule has 7 nitrogen and oxygen atoms in total. The second-order valence-electron chi connectivity index (χ2n) is 13.2. The summed E-state index contributed by atoms with van der Waals surface area (Å²) in [5, 5.41) is 0. The molecule has 2 bridgehead atoms. The Morgan fingerprint density at radius 2 is 1.75 bits per heavy atom. The number of rotatable bonds is 6. The van der Waals surface area contributed by atoms with Crippen molar-refractivity contribution in [3.05, 3.63) is 95.8 Å². The smallest absolute Gasteiger partial charge is 0.256 e. The maximum Gasteiger partial charge on any atom is 0.256 e. The van der Waals surface area contributed by atoms with E-state index in [0.717, 1.165) is 66.6 Å². The van der Waals surface area contributed by atoms with Gasteiger partial charge in [0.2, 0.25) is 0 Å². The van der Waals surface area contributed by atoms with E-state index in [1.807, 2.05) is 29.2 Å². The molecule has 3 aliphatic rings. The van der Waals surface area contributed by atoms with Crippen LogP contribution in [0.25, 0.3) is 22.1 Å². The number of hydrogen-bond donors (Lipinski definition) is 1. The maximum absolute atomic E-state index is 14.6. The zero-order valence-electron chi connectivity index (χ0n) is 25.3. The molecule has 1 N–H and O–H groups in total. The zero-order valence-corrected chi connectivity index (χ0v) is 25.3. The molecular formula is C36H39FN6O. The van der Waals surface area contributed by atoms with Crippen molar-refractivity contribution in [3.63, 3.8) is 0 Å². The van der Waals surface area contributed by atoms with E-state index in [0.29, 0.717) is 36.8 Å². The van der Waals surface area contributed by atoms with E-state index in [-0.39, 0.29) is 17.1 Å². The van der Waals surface area contributed by atoms with Crippen LogP contribution in [0.15, 0.2) is 73.1 Å². The summed E-state index contributed by atoms with van der Waals surface area (Å²) >= 11 is 0. The first-order chi connectivity index (χ1) is 21.5. The number of aryl methyl sites for hydroxylation is 1. The lowest BCUT2D eigenvalue weighted by Crippen LogP contribution is -2.49. The summed E-state index contributed by atoms with van der Waals surface area (Å²) in [5.74, 6) is 0.950. The van der Waals surface area contributed by atoms with Crippen molar-refractivity contribution in [3.8, 4) is 0 Å². The number of carbonyl (C=O) groups is 1. The lowest BCUT2D eigenvalue weighted by atomic mass is 9.70. The fourth-order valence-corrected chi connectivity index (χ4v) is 8.74. The highest BCUT2D eigenvalue weighted by Gasteiger charge is 2.44. The SMILES string of the molecule is Cc1nc2ccccc2n1C1C[C@H]2CC[C@@H](C1)N2CCC1(c2cccc(F)c2)CCN(C(=O)c2cccc3[nH]cnc23)CC1. The van der Waals surface area contributed by atoms with Gasteiger partial charge in [0.1, 0.15) is 17.2 Å². The summed E-state index contributed by atoms with van der Waals surface area (Å²) in [6.45, 7) is 4.45. The number of amides is 1. The topological polar surface area (TPSA) is 70.1 Å². The van der Waals surface area contributed by atoms with Gasteiger partial charge in [0.15, 0.2) is 0 Å². The summed E-state index contributed by atoms with van der Waals surface area (Å²) in [6, 6.07) is 23.0. The molecule has 0 radical (unpaired) electrons. The molecule has 8 rings (SSSR count). The van der Waals surface area contributed by atoms with Crippen LogP contribution in [0, 0.1) is 12.7 Å². The third-order valence-electron chi connectivity index (χ3n) is 11.0. The van der Waals surface area contributed by atoms with Crippen LogP contribution in [0.5, 0.6) is 0 Å². The summed E-state index contributed by atoms with van der Waals surface area (Å²) in [7, 11) is 0. The van der Waals surface area contributed by atoms with Gasteiger partial charge in [-0.15, -0.1) is 0 Å². The number of aromatic nitrogens is 4. The van der Waals surface area contributed by atoms with E-state index in [4.69, 9.17) is 4.98 Å². The quantitative estimate of drug-likeness (QED) is 0.236. The molecule has 0 saturated carbocycles. The molecule has 0 spiro atoms. The molecule has 3 atom stereocenters. The number of piperidine rings is 2. The molecule has 2 aromatic heterocycles. The lowest BCUT2D eigenvalue weighted by Gasteiger charge is -2.45. The average Bonchev–Trinajstić information content (AvgIpc) is 3.72. The Kier molecular flexibility index (Phi) is 6.78. The number of aromatic amines is 1. The minimum atomic E-state index is -0.186. The van der Waals surface area contributed by atoms with Gasteiger partial charge in [-0.1, -0.05) is 30.3 Å². The number of nitrogens with one attached hydrogen (secondary N) is 1. The molecule has 8 heteroatoms. The van der Waals surface area contributed by atoms with Crippen molar-refractivity contribution < 1.29 is 9.18 Å². The molecule has 0 aliphatic carbocycles. The largest absolute Gasteiger partial charge is 0.345 e. The minimum absolute atomic E-state index is 0.0259. The van der Waals surface area contributed by atoms with Crippen LogP contribution < -0.4 is 0 Å². The van der Waals surface area contributed by atoms with Crippen molar-refractivity contribution in [2.75, 3.05) is 19.6 Å². The Hall–Kier alpha value is -4.04. The van der Waals surface area contributed by atoms with Gasteiger partial charge in [-0.2, -0.15) is 0 Å². The molecule has 5 heterocycles. The molecule has 226 valence electrons. The Morgan fingerprint density at radius 1 is 0.977 bits per heavy atom. The maximum atomic E-state index is 14.6. The number of benzene rings is 3. The summed E-state index contributed by atoms with van der Waals surface area (Å²) in [6.07, 6.45) is 9.02.